The monoisotopic (exact) mass is 389 g/mol. The van der Waals surface area contributed by atoms with Crippen molar-refractivity contribution in [1.82, 2.24) is 15.1 Å². The number of nitrogens with one attached hydrogen (secondary N) is 1. The number of rotatable bonds is 7. The first-order valence-corrected chi connectivity index (χ1v) is 9.51. The number of aryl methyl sites for hydroxylation is 2. The van der Waals surface area contributed by atoms with Gasteiger partial charge in [-0.15, -0.1) is 11.3 Å². The molecule has 1 amide bonds. The molecule has 0 saturated carbocycles. The molecule has 3 aromatic rings. The van der Waals surface area contributed by atoms with Crippen LogP contribution in [0.3, 0.4) is 0 Å². The summed E-state index contributed by atoms with van der Waals surface area (Å²) >= 11 is 7.23. The Kier molecular flexibility index (Phi) is 5.96. The summed E-state index contributed by atoms with van der Waals surface area (Å²) in [6, 6.07) is 7.95. The molecule has 0 fully saturated rings. The van der Waals surface area contributed by atoms with Crippen molar-refractivity contribution < 1.29 is 9.53 Å². The van der Waals surface area contributed by atoms with E-state index >= 15 is 0 Å². The molecular formula is C19H20ClN3O2S. The summed E-state index contributed by atoms with van der Waals surface area (Å²) in [5.74, 6) is 0.814. The molecule has 5 nitrogen and oxygen atoms in total. The number of hydrogen-bond acceptors (Lipinski definition) is 4. The van der Waals surface area contributed by atoms with Crippen molar-refractivity contribution in [2.75, 3.05) is 6.54 Å². The molecule has 3 rings (SSSR count). The first kappa shape index (κ1) is 18.5. The van der Waals surface area contributed by atoms with Crippen LogP contribution in [0.4, 0.5) is 0 Å². The van der Waals surface area contributed by atoms with Gasteiger partial charge in [-0.1, -0.05) is 29.8 Å². The zero-order chi connectivity index (χ0) is 18.5. The largest absolute Gasteiger partial charge is 0.488 e. The van der Waals surface area contributed by atoms with E-state index in [2.05, 4.69) is 10.4 Å². The number of carbonyl (C=O) groups excluding carboxylic acids is 1. The molecule has 0 saturated heterocycles. The second-order valence-corrected chi connectivity index (χ2v) is 7.35. The summed E-state index contributed by atoms with van der Waals surface area (Å²) in [6.07, 6.45) is 3.30. The van der Waals surface area contributed by atoms with Gasteiger partial charge in [0.25, 0.3) is 5.91 Å². The van der Waals surface area contributed by atoms with Crippen LogP contribution in [0.1, 0.15) is 26.4 Å². The molecule has 0 aliphatic rings. The summed E-state index contributed by atoms with van der Waals surface area (Å²) in [4.78, 5) is 12.9. The maximum Gasteiger partial charge on any atom is 0.261 e. The predicted octanol–water partition coefficient (Wildman–Crippen LogP) is 4.22. The lowest BCUT2D eigenvalue weighted by Gasteiger charge is -2.10. The number of para-hydroxylation sites is 1. The van der Waals surface area contributed by atoms with E-state index in [4.69, 9.17) is 16.3 Å². The number of nitrogens with zero attached hydrogens (tertiary/aromatic N) is 2. The van der Waals surface area contributed by atoms with Gasteiger partial charge in [0.05, 0.1) is 22.6 Å². The summed E-state index contributed by atoms with van der Waals surface area (Å²) < 4.78 is 7.63. The summed E-state index contributed by atoms with van der Waals surface area (Å²) in [7, 11) is 0. The second-order valence-electron chi connectivity index (χ2n) is 6.01. The van der Waals surface area contributed by atoms with Gasteiger partial charge in [-0.25, -0.2) is 0 Å². The molecule has 0 radical (unpaired) electrons. The summed E-state index contributed by atoms with van der Waals surface area (Å²) in [6.45, 7) is 5.57. The van der Waals surface area contributed by atoms with Crippen molar-refractivity contribution in [2.45, 2.75) is 27.0 Å². The van der Waals surface area contributed by atoms with Crippen molar-refractivity contribution in [3.8, 4) is 5.75 Å². The van der Waals surface area contributed by atoms with Gasteiger partial charge in [0.15, 0.2) is 0 Å². The van der Waals surface area contributed by atoms with Crippen LogP contribution in [0.15, 0.2) is 42.0 Å². The molecule has 26 heavy (non-hydrogen) atoms. The van der Waals surface area contributed by atoms with Crippen LogP contribution >= 0.6 is 22.9 Å². The SMILES string of the molecule is Cc1cccc(C)c1OCc1csc(C(=O)NCCn2cc(Cl)cn2)c1. The number of halogens is 1. The van der Waals surface area contributed by atoms with Crippen molar-refractivity contribution in [3.63, 3.8) is 0 Å². The molecule has 0 unspecified atom stereocenters. The lowest BCUT2D eigenvalue weighted by Crippen LogP contribution is -2.26. The zero-order valence-corrected chi connectivity index (χ0v) is 16.2. The Balaban J connectivity index is 1.51. The van der Waals surface area contributed by atoms with Crippen molar-refractivity contribution in [2.24, 2.45) is 0 Å². The van der Waals surface area contributed by atoms with Gasteiger partial charge in [-0.3, -0.25) is 9.48 Å². The maximum absolute atomic E-state index is 12.2. The molecule has 0 atom stereocenters. The Morgan fingerprint density at radius 1 is 1.35 bits per heavy atom. The first-order valence-electron chi connectivity index (χ1n) is 8.25. The smallest absolute Gasteiger partial charge is 0.261 e. The van der Waals surface area contributed by atoms with E-state index in [0.29, 0.717) is 29.6 Å². The third kappa shape index (κ3) is 4.65. The predicted molar refractivity (Wildman–Crippen MR) is 104 cm³/mol. The van der Waals surface area contributed by atoms with Crippen LogP contribution in [0.2, 0.25) is 5.02 Å². The van der Waals surface area contributed by atoms with E-state index in [-0.39, 0.29) is 5.91 Å². The Morgan fingerprint density at radius 2 is 2.12 bits per heavy atom. The van der Waals surface area contributed by atoms with Crippen LogP contribution in [0.25, 0.3) is 0 Å². The summed E-state index contributed by atoms with van der Waals surface area (Å²) in [5, 5.41) is 9.51. The first-order chi connectivity index (χ1) is 12.5. The van der Waals surface area contributed by atoms with Gasteiger partial charge in [0.2, 0.25) is 0 Å². The fourth-order valence-corrected chi connectivity index (χ4v) is 3.55. The minimum Gasteiger partial charge on any atom is -0.488 e. The van der Waals surface area contributed by atoms with Crippen molar-refractivity contribution >= 4 is 28.8 Å². The van der Waals surface area contributed by atoms with E-state index < -0.39 is 0 Å². The molecule has 2 heterocycles. The maximum atomic E-state index is 12.2. The van der Waals surface area contributed by atoms with Crippen molar-refractivity contribution in [3.05, 3.63) is 68.6 Å². The van der Waals surface area contributed by atoms with Crippen LogP contribution in [0.5, 0.6) is 5.75 Å². The minimum absolute atomic E-state index is 0.0911. The molecule has 136 valence electrons. The van der Waals surface area contributed by atoms with Crippen LogP contribution in [-0.4, -0.2) is 22.2 Å². The molecule has 1 aromatic carbocycles. The van der Waals surface area contributed by atoms with Gasteiger partial charge in [0.1, 0.15) is 12.4 Å². The van der Waals surface area contributed by atoms with Crippen LogP contribution < -0.4 is 10.1 Å². The highest BCUT2D eigenvalue weighted by atomic mass is 35.5. The number of amides is 1. The van der Waals surface area contributed by atoms with Gasteiger partial charge in [-0.05, 0) is 36.4 Å². The van der Waals surface area contributed by atoms with Crippen LogP contribution in [0, 0.1) is 13.8 Å². The molecule has 2 aromatic heterocycles. The molecule has 1 N–H and O–H groups in total. The number of carbonyl (C=O) groups is 1. The average Bonchev–Trinajstić information content (AvgIpc) is 3.23. The molecule has 0 spiro atoms. The van der Waals surface area contributed by atoms with E-state index in [1.54, 1.807) is 17.1 Å². The third-order valence-corrected chi connectivity index (χ3v) is 5.07. The Morgan fingerprint density at radius 3 is 2.81 bits per heavy atom. The van der Waals surface area contributed by atoms with Gasteiger partial charge >= 0.3 is 0 Å². The standard InChI is InChI=1S/C19H20ClN3O2S/c1-13-4-3-5-14(2)18(13)25-11-15-8-17(26-12-15)19(24)21-6-7-23-10-16(20)9-22-23/h3-5,8-10,12H,6-7,11H2,1-2H3,(H,21,24). The molecular weight excluding hydrogens is 370 g/mol. The van der Waals surface area contributed by atoms with E-state index in [1.165, 1.54) is 11.3 Å². The molecule has 0 bridgehead atoms. The van der Waals surface area contributed by atoms with E-state index in [9.17, 15) is 4.79 Å². The fourth-order valence-electron chi connectivity index (χ4n) is 2.58. The highest BCUT2D eigenvalue weighted by Crippen LogP contribution is 2.24. The van der Waals surface area contributed by atoms with Crippen molar-refractivity contribution in [1.29, 1.82) is 0 Å². The van der Waals surface area contributed by atoms with Gasteiger partial charge in [0, 0.05) is 18.3 Å². The average molecular weight is 390 g/mol. The normalized spacial score (nSPS) is 10.7. The topological polar surface area (TPSA) is 56.1 Å². The Labute approximate surface area is 161 Å². The third-order valence-electron chi connectivity index (χ3n) is 3.90. The Bertz CT molecular complexity index is 884. The Hall–Kier alpha value is -2.31. The number of thiophene rings is 1. The lowest BCUT2D eigenvalue weighted by molar-refractivity contribution is 0.0956. The second kappa shape index (κ2) is 8.38. The van der Waals surface area contributed by atoms with E-state index in [0.717, 1.165) is 22.4 Å². The van der Waals surface area contributed by atoms with Gasteiger partial charge in [-0.2, -0.15) is 5.10 Å². The van der Waals surface area contributed by atoms with Crippen LogP contribution in [-0.2, 0) is 13.2 Å². The van der Waals surface area contributed by atoms with E-state index in [1.807, 2.05) is 43.5 Å². The lowest BCUT2D eigenvalue weighted by atomic mass is 10.1. The molecule has 0 aliphatic carbocycles. The number of aromatic nitrogens is 2. The number of ether oxygens (including phenoxy) is 1. The summed E-state index contributed by atoms with van der Waals surface area (Å²) in [5.41, 5.74) is 3.20. The number of benzene rings is 1. The molecule has 0 aliphatic heterocycles. The highest BCUT2D eigenvalue weighted by Gasteiger charge is 2.10. The highest BCUT2D eigenvalue weighted by molar-refractivity contribution is 7.12. The number of hydrogen-bond donors (Lipinski definition) is 1. The zero-order valence-electron chi connectivity index (χ0n) is 14.7. The van der Waals surface area contributed by atoms with Gasteiger partial charge < -0.3 is 10.1 Å². The molecule has 7 heteroatoms. The quantitative estimate of drug-likeness (QED) is 0.658. The minimum atomic E-state index is -0.0911. The fraction of sp³-hybridized carbons (Fsp3) is 0.263.